The third-order valence-corrected chi connectivity index (χ3v) is 12.3. The molecule has 3 fully saturated rings. The Morgan fingerprint density at radius 2 is 1.66 bits per heavy atom. The number of hydrogen-bond donors (Lipinski definition) is 5. The molecule has 3 aliphatic rings. The second-order valence-electron chi connectivity index (χ2n) is 16.5. The number of carbonyl (C=O) groups excluding carboxylic acids is 2. The molecule has 3 saturated heterocycles. The summed E-state index contributed by atoms with van der Waals surface area (Å²) in [5.41, 5.74) is 4.60. The van der Waals surface area contributed by atoms with Crippen LogP contribution in [0.1, 0.15) is 69.6 Å². The van der Waals surface area contributed by atoms with Gasteiger partial charge in [0.15, 0.2) is 0 Å². The Morgan fingerprint density at radius 1 is 0.891 bits per heavy atom. The number of ether oxygens (including phenoxy) is 3. The van der Waals surface area contributed by atoms with Crippen LogP contribution >= 0.6 is 0 Å². The monoisotopic (exact) mass is 865 g/mol. The highest BCUT2D eigenvalue weighted by Gasteiger charge is 2.37. The summed E-state index contributed by atoms with van der Waals surface area (Å²) in [6, 6.07) is 38.2. The minimum atomic E-state index is -0.898. The number of aromatic hydroxyl groups is 1. The van der Waals surface area contributed by atoms with Crippen molar-refractivity contribution in [1.29, 1.82) is 0 Å². The molecule has 5 N–H and O–H groups in total. The molecule has 13 nitrogen and oxygen atoms in total. The van der Waals surface area contributed by atoms with Gasteiger partial charge < -0.3 is 44.9 Å². The summed E-state index contributed by atoms with van der Waals surface area (Å²) in [6.07, 6.45) is 1.29. The average molecular weight is 866 g/mol. The van der Waals surface area contributed by atoms with E-state index in [1.165, 1.54) is 12.1 Å². The first-order chi connectivity index (χ1) is 31.2. The number of rotatable bonds is 18. The van der Waals surface area contributed by atoms with Gasteiger partial charge in [-0.05, 0) is 110 Å². The molecule has 5 aromatic carbocycles. The first kappa shape index (κ1) is 44.0. The Morgan fingerprint density at radius 3 is 2.42 bits per heavy atom. The molecule has 4 heterocycles. The molecule has 1 unspecified atom stereocenters. The molecule has 3 aliphatic heterocycles. The van der Waals surface area contributed by atoms with Crippen LogP contribution < -0.4 is 25.7 Å². The summed E-state index contributed by atoms with van der Waals surface area (Å²) in [5, 5.41) is 28.3. The fourth-order valence-electron chi connectivity index (χ4n) is 8.80. The van der Waals surface area contributed by atoms with Crippen LogP contribution in [0.25, 0.3) is 10.9 Å². The van der Waals surface area contributed by atoms with Crippen molar-refractivity contribution in [2.75, 3.05) is 46.4 Å². The second kappa shape index (κ2) is 20.7. The zero-order chi connectivity index (χ0) is 44.4. The number of phenols is 1. The topological polar surface area (TPSA) is 166 Å². The second-order valence-corrected chi connectivity index (χ2v) is 16.5. The molecule has 332 valence electrons. The number of nitrogens with one attached hydrogen (secondary N) is 3. The number of benzene rings is 5. The van der Waals surface area contributed by atoms with E-state index >= 15 is 0 Å². The number of para-hydroxylation sites is 1. The summed E-state index contributed by atoms with van der Waals surface area (Å²) in [4.78, 5) is 46.1. The first-order valence-corrected chi connectivity index (χ1v) is 21.9. The van der Waals surface area contributed by atoms with E-state index in [1.54, 1.807) is 24.1 Å². The van der Waals surface area contributed by atoms with E-state index < -0.39 is 18.2 Å². The molecule has 3 atom stereocenters. The maximum Gasteiger partial charge on any atom is 0.408 e. The number of phenolic OH excluding ortho intramolecular Hbond substituents is 1. The van der Waals surface area contributed by atoms with E-state index in [0.29, 0.717) is 60.0 Å². The minimum absolute atomic E-state index is 0.0668. The number of amides is 2. The lowest BCUT2D eigenvalue weighted by Crippen LogP contribution is -2.52. The number of H-pyrrole nitrogens is 1. The van der Waals surface area contributed by atoms with Crippen molar-refractivity contribution in [3.63, 3.8) is 0 Å². The fourth-order valence-corrected chi connectivity index (χ4v) is 8.80. The Bertz CT molecular complexity index is 2580. The fraction of sp³-hybridized carbons (Fsp3) is 0.314. The molecule has 2 bridgehead atoms. The molecule has 13 heteroatoms. The molecule has 0 spiro atoms. The number of alkyl carbamates (subject to hydrolysis) is 1. The maximum absolute atomic E-state index is 14.1. The van der Waals surface area contributed by atoms with E-state index in [9.17, 15) is 24.6 Å². The smallest absolute Gasteiger partial charge is 0.408 e. The van der Waals surface area contributed by atoms with E-state index in [4.69, 9.17) is 14.2 Å². The molecular weight excluding hydrogens is 811 g/mol. The first-order valence-electron chi connectivity index (χ1n) is 21.9. The van der Waals surface area contributed by atoms with E-state index in [-0.39, 0.29) is 42.0 Å². The van der Waals surface area contributed by atoms with E-state index in [2.05, 4.69) is 20.5 Å². The molecule has 0 aliphatic carbocycles. The average Bonchev–Trinajstić information content (AvgIpc) is 3.33. The Labute approximate surface area is 372 Å². The minimum Gasteiger partial charge on any atom is -0.506 e. The molecule has 64 heavy (non-hydrogen) atoms. The Balaban J connectivity index is 0.888. The van der Waals surface area contributed by atoms with Crippen molar-refractivity contribution in [2.45, 2.75) is 50.7 Å². The van der Waals surface area contributed by atoms with Crippen LogP contribution in [0.3, 0.4) is 0 Å². The van der Waals surface area contributed by atoms with Crippen molar-refractivity contribution >= 4 is 22.9 Å². The van der Waals surface area contributed by atoms with Crippen molar-refractivity contribution in [3.05, 3.63) is 171 Å². The van der Waals surface area contributed by atoms with Crippen LogP contribution in [0.4, 0.5) is 4.79 Å². The Hall–Kier alpha value is -6.67. The van der Waals surface area contributed by atoms with Gasteiger partial charge >= 0.3 is 6.09 Å². The van der Waals surface area contributed by atoms with Crippen molar-refractivity contribution in [2.24, 2.45) is 5.92 Å². The van der Waals surface area contributed by atoms with E-state index in [1.807, 2.05) is 103 Å². The standard InChI is InChI=1S/C51H55N5O8/c1-62-45-14-6-5-11-39(45)31-56(26-8-25-52-30-44(58)41-19-21-43(57)49-42(41)20-22-47(59)53-49)50(60)37-17-15-34(16-18-37)33-63-40-13-7-12-38(29-40)48(36-9-3-2-4-10-36)54-51(61)64-46-32-55-27-23-35(46)24-28-55/h2-7,9-22,29,35,44,46,48,52,57-58H,8,23-28,30-33H2,1H3,(H,53,59)(H,54,61)/t44-,46+,48?/m1/s1. The number of fused-ring (bicyclic) bond motifs is 4. The summed E-state index contributed by atoms with van der Waals surface area (Å²) in [6.45, 7) is 4.70. The summed E-state index contributed by atoms with van der Waals surface area (Å²) in [7, 11) is 1.61. The predicted octanol–water partition coefficient (Wildman–Crippen LogP) is 7.09. The zero-order valence-electron chi connectivity index (χ0n) is 36.0. The number of aliphatic hydroxyl groups excluding tert-OH is 1. The van der Waals surface area contributed by atoms with Crippen molar-refractivity contribution < 1.29 is 34.0 Å². The van der Waals surface area contributed by atoms with Crippen molar-refractivity contribution in [1.82, 2.24) is 25.4 Å². The maximum atomic E-state index is 14.1. The molecule has 0 radical (unpaired) electrons. The number of carbonyl (C=O) groups is 2. The number of piperidine rings is 3. The molecule has 2 amide bonds. The molecule has 9 rings (SSSR count). The number of aliphatic hydroxyl groups is 1. The third-order valence-electron chi connectivity index (χ3n) is 12.3. The summed E-state index contributed by atoms with van der Waals surface area (Å²) >= 11 is 0. The third kappa shape index (κ3) is 10.7. The van der Waals surface area contributed by atoms with Crippen LogP contribution in [-0.2, 0) is 17.9 Å². The zero-order valence-corrected chi connectivity index (χ0v) is 36.0. The van der Waals surface area contributed by atoms with Gasteiger partial charge in [-0.15, -0.1) is 0 Å². The largest absolute Gasteiger partial charge is 0.506 e. The van der Waals surface area contributed by atoms with E-state index in [0.717, 1.165) is 54.7 Å². The summed E-state index contributed by atoms with van der Waals surface area (Å²) in [5.74, 6) is 1.54. The van der Waals surface area contributed by atoms with Gasteiger partial charge in [0.1, 0.15) is 30.0 Å². The SMILES string of the molecule is COc1ccccc1CN(CCCNC[C@@H](O)c1ccc(O)c2[nH]c(=O)ccc12)C(=O)c1ccc(COc2cccc(C(NC(=O)O[C@H]3CN4CCC3CC4)c3ccccc3)c2)cc1. The summed E-state index contributed by atoms with van der Waals surface area (Å²) < 4.78 is 17.9. The van der Waals surface area contributed by atoms with Gasteiger partial charge in [0, 0.05) is 48.8 Å². The highest BCUT2D eigenvalue weighted by Crippen LogP contribution is 2.32. The molecule has 0 saturated carbocycles. The normalized spacial score (nSPS) is 17.6. The van der Waals surface area contributed by atoms with Crippen LogP contribution in [-0.4, -0.2) is 89.5 Å². The molecular formula is C51H55N5O8. The highest BCUT2D eigenvalue weighted by molar-refractivity contribution is 5.94. The lowest BCUT2D eigenvalue weighted by Gasteiger charge is -2.43. The number of nitrogens with zero attached hydrogens (tertiary/aromatic N) is 2. The van der Waals surface area contributed by atoms with Gasteiger partial charge in [0.05, 0.1) is 24.8 Å². The highest BCUT2D eigenvalue weighted by atomic mass is 16.6. The molecule has 1 aromatic heterocycles. The number of aromatic amines is 1. The van der Waals surface area contributed by atoms with Crippen LogP contribution in [0.5, 0.6) is 17.2 Å². The van der Waals surface area contributed by atoms with Crippen molar-refractivity contribution in [3.8, 4) is 17.2 Å². The number of methoxy groups -OCH3 is 1. The van der Waals surface area contributed by atoms with Crippen LogP contribution in [0.15, 0.2) is 132 Å². The van der Waals surface area contributed by atoms with Gasteiger partial charge in [-0.2, -0.15) is 0 Å². The quantitative estimate of drug-likeness (QED) is 0.0564. The van der Waals surface area contributed by atoms with Gasteiger partial charge in [0.2, 0.25) is 5.56 Å². The number of pyridine rings is 1. The van der Waals surface area contributed by atoms with Gasteiger partial charge in [0.25, 0.3) is 5.91 Å². The number of aromatic nitrogens is 1. The predicted molar refractivity (Wildman–Crippen MR) is 244 cm³/mol. The number of hydrogen-bond acceptors (Lipinski definition) is 10. The van der Waals surface area contributed by atoms with Crippen LogP contribution in [0, 0.1) is 5.92 Å². The lowest BCUT2D eigenvalue weighted by atomic mass is 9.86. The molecule has 6 aromatic rings. The van der Waals surface area contributed by atoms with Gasteiger partial charge in [-0.1, -0.05) is 78.9 Å². The Kier molecular flexibility index (Phi) is 14.2. The lowest BCUT2D eigenvalue weighted by molar-refractivity contribution is -0.0336. The van der Waals surface area contributed by atoms with Gasteiger partial charge in [-0.3, -0.25) is 14.5 Å². The van der Waals surface area contributed by atoms with Crippen LogP contribution in [0.2, 0.25) is 0 Å². The van der Waals surface area contributed by atoms with Gasteiger partial charge in [-0.25, -0.2) is 4.79 Å².